The lowest BCUT2D eigenvalue weighted by atomic mass is 9.88. The number of halogens is 1. The van der Waals surface area contributed by atoms with Gasteiger partial charge in [-0.25, -0.2) is 4.68 Å². The molecule has 0 saturated heterocycles. The van der Waals surface area contributed by atoms with Crippen LogP contribution < -0.4 is 11.1 Å². The number of hydrogen-bond donors (Lipinski definition) is 3. The molecule has 186 valence electrons. The standard InChI is InChI=1S/C29H25ClN4O3/c1-17(35)6-7-18-8-13-21(14-9-18)34-27-23(26(33-34)28(31)36)15-11-19-10-12-20(16-24(19)27)32-29(37)22-4-2-3-5-25(22)30/h2-10,12-14,16-17,35H,11,15H2,1H3,(H2,31,36)(H,32,37). The third-order valence-corrected chi connectivity index (χ3v) is 6.64. The molecule has 2 amide bonds. The number of aromatic nitrogens is 2. The molecule has 4 aromatic rings. The number of fused-ring (bicyclic) bond motifs is 3. The second-order valence-corrected chi connectivity index (χ2v) is 9.36. The van der Waals surface area contributed by atoms with Crippen molar-refractivity contribution in [3.8, 4) is 16.9 Å². The van der Waals surface area contributed by atoms with Crippen LogP contribution in [0.5, 0.6) is 0 Å². The number of nitrogens with two attached hydrogens (primary N) is 1. The van der Waals surface area contributed by atoms with Gasteiger partial charge in [-0.15, -0.1) is 0 Å². The van der Waals surface area contributed by atoms with Crippen LogP contribution in [0.2, 0.25) is 5.02 Å². The summed E-state index contributed by atoms with van der Waals surface area (Å²) in [6, 6.07) is 20.2. The van der Waals surface area contributed by atoms with E-state index >= 15 is 0 Å². The number of carbonyl (C=O) groups excluding carboxylic acids is 2. The third kappa shape index (κ3) is 4.91. The molecule has 1 unspecified atom stereocenters. The van der Waals surface area contributed by atoms with Crippen molar-refractivity contribution in [2.75, 3.05) is 5.32 Å². The van der Waals surface area contributed by atoms with Crippen LogP contribution in [0.15, 0.2) is 72.8 Å². The molecule has 0 radical (unpaired) electrons. The lowest BCUT2D eigenvalue weighted by Gasteiger charge is -2.20. The number of aryl methyl sites for hydroxylation is 1. The molecule has 3 aromatic carbocycles. The Labute approximate surface area is 219 Å². The van der Waals surface area contributed by atoms with Crippen molar-refractivity contribution in [3.63, 3.8) is 0 Å². The zero-order chi connectivity index (χ0) is 26.1. The molecule has 4 N–H and O–H groups in total. The number of rotatable bonds is 6. The van der Waals surface area contributed by atoms with Gasteiger partial charge in [0.1, 0.15) is 0 Å². The van der Waals surface area contributed by atoms with E-state index in [4.69, 9.17) is 17.3 Å². The van der Waals surface area contributed by atoms with Gasteiger partial charge >= 0.3 is 0 Å². The molecular formula is C29H25ClN4O3. The zero-order valence-corrected chi connectivity index (χ0v) is 20.9. The monoisotopic (exact) mass is 512 g/mol. The molecule has 7 nitrogen and oxygen atoms in total. The van der Waals surface area contributed by atoms with Crippen LogP contribution in [0.3, 0.4) is 0 Å². The number of aliphatic hydroxyl groups excluding tert-OH is 1. The van der Waals surface area contributed by atoms with E-state index in [1.165, 1.54) is 0 Å². The summed E-state index contributed by atoms with van der Waals surface area (Å²) >= 11 is 6.20. The minimum Gasteiger partial charge on any atom is -0.389 e. The predicted molar refractivity (Wildman–Crippen MR) is 145 cm³/mol. The fourth-order valence-electron chi connectivity index (χ4n) is 4.52. The van der Waals surface area contributed by atoms with Crippen LogP contribution in [-0.2, 0) is 12.8 Å². The van der Waals surface area contributed by atoms with E-state index in [1.807, 2.05) is 48.5 Å². The first-order valence-corrected chi connectivity index (χ1v) is 12.3. The number of primary amides is 1. The summed E-state index contributed by atoms with van der Waals surface area (Å²) in [6.07, 6.45) is 4.34. The number of carbonyl (C=O) groups is 2. The molecule has 37 heavy (non-hydrogen) atoms. The van der Waals surface area contributed by atoms with Gasteiger partial charge in [-0.2, -0.15) is 5.10 Å². The highest BCUT2D eigenvalue weighted by Crippen LogP contribution is 2.38. The maximum absolute atomic E-state index is 12.9. The van der Waals surface area contributed by atoms with Gasteiger partial charge in [0.15, 0.2) is 5.69 Å². The van der Waals surface area contributed by atoms with Crippen molar-refractivity contribution in [2.45, 2.75) is 25.9 Å². The van der Waals surface area contributed by atoms with Crippen molar-refractivity contribution in [1.82, 2.24) is 9.78 Å². The van der Waals surface area contributed by atoms with E-state index in [0.29, 0.717) is 22.7 Å². The summed E-state index contributed by atoms with van der Waals surface area (Å²) in [5.74, 6) is -0.896. The molecule has 1 atom stereocenters. The Morgan fingerprint density at radius 2 is 1.86 bits per heavy atom. The number of hydrogen-bond acceptors (Lipinski definition) is 4. The van der Waals surface area contributed by atoms with Crippen LogP contribution in [0.4, 0.5) is 5.69 Å². The Bertz CT molecular complexity index is 1540. The lowest BCUT2D eigenvalue weighted by molar-refractivity contribution is 0.0992. The quantitative estimate of drug-likeness (QED) is 0.336. The van der Waals surface area contributed by atoms with Gasteiger partial charge < -0.3 is 16.2 Å². The van der Waals surface area contributed by atoms with Crippen molar-refractivity contribution >= 4 is 35.2 Å². The molecule has 0 bridgehead atoms. The SMILES string of the molecule is CC(O)C=Cc1ccc(-n2nc(C(N)=O)c3c2-c2cc(NC(=O)c4ccccc4Cl)ccc2CC3)cc1. The molecule has 1 heterocycles. The Morgan fingerprint density at radius 3 is 2.57 bits per heavy atom. The molecule has 0 saturated carbocycles. The van der Waals surface area contributed by atoms with Crippen molar-refractivity contribution < 1.29 is 14.7 Å². The van der Waals surface area contributed by atoms with Gasteiger partial charge in [0.25, 0.3) is 11.8 Å². The van der Waals surface area contributed by atoms with Crippen molar-refractivity contribution in [1.29, 1.82) is 0 Å². The summed E-state index contributed by atoms with van der Waals surface area (Å²) in [5, 5.41) is 17.4. The minimum absolute atomic E-state index is 0.240. The van der Waals surface area contributed by atoms with Gasteiger partial charge in [-0.05, 0) is 67.3 Å². The molecule has 0 spiro atoms. The van der Waals surface area contributed by atoms with E-state index in [-0.39, 0.29) is 11.6 Å². The highest BCUT2D eigenvalue weighted by atomic mass is 35.5. The van der Waals surface area contributed by atoms with Crippen molar-refractivity contribution in [2.24, 2.45) is 5.73 Å². The molecule has 1 aromatic heterocycles. The first-order chi connectivity index (χ1) is 17.8. The third-order valence-electron chi connectivity index (χ3n) is 6.31. The topological polar surface area (TPSA) is 110 Å². The van der Waals surface area contributed by atoms with Gasteiger partial charge in [0, 0.05) is 16.8 Å². The highest BCUT2D eigenvalue weighted by Gasteiger charge is 2.28. The fraction of sp³-hybridized carbons (Fsp3) is 0.138. The zero-order valence-electron chi connectivity index (χ0n) is 20.1. The summed E-state index contributed by atoms with van der Waals surface area (Å²) in [5.41, 5.74) is 12.1. The number of amides is 2. The maximum atomic E-state index is 12.9. The first-order valence-electron chi connectivity index (χ1n) is 11.9. The number of benzene rings is 3. The highest BCUT2D eigenvalue weighted by molar-refractivity contribution is 6.34. The molecule has 0 aliphatic heterocycles. The fourth-order valence-corrected chi connectivity index (χ4v) is 4.74. The molecule has 0 fully saturated rings. The van der Waals surface area contributed by atoms with Gasteiger partial charge in [0.05, 0.1) is 28.1 Å². The number of aliphatic hydroxyl groups is 1. The van der Waals surface area contributed by atoms with E-state index in [9.17, 15) is 14.7 Å². The number of nitrogens with zero attached hydrogens (tertiary/aromatic N) is 2. The first kappa shape index (κ1) is 24.5. The minimum atomic E-state index is -0.585. The largest absolute Gasteiger partial charge is 0.389 e. The van der Waals surface area contributed by atoms with Gasteiger partial charge in [0.2, 0.25) is 0 Å². The average molecular weight is 513 g/mol. The van der Waals surface area contributed by atoms with E-state index in [1.54, 1.807) is 41.9 Å². The summed E-state index contributed by atoms with van der Waals surface area (Å²) in [6.45, 7) is 1.69. The Kier molecular flexibility index (Phi) is 6.65. The molecule has 8 heteroatoms. The van der Waals surface area contributed by atoms with Crippen LogP contribution >= 0.6 is 11.6 Å². The van der Waals surface area contributed by atoms with E-state index in [2.05, 4.69) is 10.4 Å². The molecule has 1 aliphatic rings. The molecule has 5 rings (SSSR count). The van der Waals surface area contributed by atoms with E-state index < -0.39 is 12.0 Å². The second kappa shape index (κ2) is 10.0. The smallest absolute Gasteiger partial charge is 0.269 e. The average Bonchev–Trinajstić information content (AvgIpc) is 3.28. The summed E-state index contributed by atoms with van der Waals surface area (Å²) in [4.78, 5) is 25.1. The van der Waals surface area contributed by atoms with Crippen molar-refractivity contribution in [3.05, 3.63) is 106 Å². The Balaban J connectivity index is 1.56. The second-order valence-electron chi connectivity index (χ2n) is 8.95. The van der Waals surface area contributed by atoms with Crippen LogP contribution in [0, 0.1) is 0 Å². The predicted octanol–water partition coefficient (Wildman–Crippen LogP) is 5.04. The maximum Gasteiger partial charge on any atom is 0.269 e. The molecule has 1 aliphatic carbocycles. The molecular weight excluding hydrogens is 488 g/mol. The number of anilines is 1. The normalized spacial score (nSPS) is 13.2. The summed E-state index contributed by atoms with van der Waals surface area (Å²) < 4.78 is 1.73. The Hall–Kier alpha value is -4.20. The van der Waals surface area contributed by atoms with Crippen LogP contribution in [-0.4, -0.2) is 32.8 Å². The van der Waals surface area contributed by atoms with Crippen LogP contribution in [0.1, 0.15) is 44.5 Å². The van der Waals surface area contributed by atoms with Gasteiger partial charge in [-0.1, -0.05) is 54.1 Å². The summed E-state index contributed by atoms with van der Waals surface area (Å²) in [7, 11) is 0. The lowest BCUT2D eigenvalue weighted by Crippen LogP contribution is -2.15. The van der Waals surface area contributed by atoms with Crippen LogP contribution in [0.25, 0.3) is 23.0 Å². The number of nitrogens with one attached hydrogen (secondary N) is 1. The van der Waals surface area contributed by atoms with Gasteiger partial charge in [-0.3, -0.25) is 9.59 Å². The Morgan fingerprint density at radius 1 is 1.11 bits per heavy atom. The van der Waals surface area contributed by atoms with E-state index in [0.717, 1.165) is 40.1 Å².